The number of piperazine rings is 1. The van der Waals surface area contributed by atoms with Crippen LogP contribution in [0.15, 0.2) is 24.3 Å². The number of nitrogens with zero attached hydrogens (tertiary/aromatic N) is 2. The molecule has 0 spiro atoms. The highest BCUT2D eigenvalue weighted by Crippen LogP contribution is 2.17. The van der Waals surface area contributed by atoms with Gasteiger partial charge in [-0.25, -0.2) is 8.42 Å². The quantitative estimate of drug-likeness (QED) is 0.838. The van der Waals surface area contributed by atoms with Gasteiger partial charge in [0.05, 0.1) is 6.26 Å². The van der Waals surface area contributed by atoms with Gasteiger partial charge in [-0.05, 0) is 18.1 Å². The van der Waals surface area contributed by atoms with Crippen molar-refractivity contribution in [1.82, 2.24) is 9.21 Å². The summed E-state index contributed by atoms with van der Waals surface area (Å²) in [4.78, 5) is 13.9. The van der Waals surface area contributed by atoms with Gasteiger partial charge in [-0.15, -0.1) is 0 Å². The highest BCUT2D eigenvalue weighted by molar-refractivity contribution is 7.88. The number of carbonyl (C=O) groups is 1. The Morgan fingerprint density at radius 1 is 1.19 bits per heavy atom. The second-order valence-electron chi connectivity index (χ2n) is 5.13. The fourth-order valence-corrected chi connectivity index (χ4v) is 3.43. The average Bonchev–Trinajstić information content (AvgIpc) is 2.45. The Morgan fingerprint density at radius 3 is 2.38 bits per heavy atom. The largest absolute Gasteiger partial charge is 0.340 e. The fraction of sp³-hybridized carbons (Fsp3) is 0.500. The summed E-state index contributed by atoms with van der Waals surface area (Å²) in [6.07, 6.45) is 2.19. The number of aryl methyl sites for hydroxylation is 1. The van der Waals surface area contributed by atoms with Gasteiger partial charge in [-0.3, -0.25) is 4.79 Å². The SMILES string of the molecule is CS(=O)(=O)N1CCN(C(=O)CCc2ccccc2Cl)CC1. The number of benzene rings is 1. The molecule has 1 aromatic rings. The summed E-state index contributed by atoms with van der Waals surface area (Å²) in [5.74, 6) is 0.0445. The molecule has 1 aliphatic heterocycles. The van der Waals surface area contributed by atoms with Gasteiger partial charge in [0.25, 0.3) is 0 Å². The van der Waals surface area contributed by atoms with Crippen LogP contribution >= 0.6 is 11.6 Å². The second kappa shape index (κ2) is 6.77. The van der Waals surface area contributed by atoms with E-state index in [0.29, 0.717) is 44.0 Å². The molecule has 7 heteroatoms. The van der Waals surface area contributed by atoms with Crippen LogP contribution in [0.4, 0.5) is 0 Å². The van der Waals surface area contributed by atoms with Crippen LogP contribution in [0.25, 0.3) is 0 Å². The van der Waals surface area contributed by atoms with Crippen molar-refractivity contribution < 1.29 is 13.2 Å². The van der Waals surface area contributed by atoms with Crippen molar-refractivity contribution in [2.24, 2.45) is 0 Å². The van der Waals surface area contributed by atoms with E-state index in [2.05, 4.69) is 0 Å². The summed E-state index contributed by atoms with van der Waals surface area (Å²) in [7, 11) is -3.16. The van der Waals surface area contributed by atoms with Gasteiger partial charge in [0.1, 0.15) is 0 Å². The van der Waals surface area contributed by atoms with Crippen LogP contribution < -0.4 is 0 Å². The molecule has 1 amide bonds. The van der Waals surface area contributed by atoms with Gasteiger partial charge in [0.15, 0.2) is 0 Å². The maximum atomic E-state index is 12.2. The van der Waals surface area contributed by atoms with Gasteiger partial charge < -0.3 is 4.90 Å². The zero-order valence-corrected chi connectivity index (χ0v) is 13.5. The van der Waals surface area contributed by atoms with Gasteiger partial charge in [0, 0.05) is 37.6 Å². The van der Waals surface area contributed by atoms with Crippen LogP contribution in [0.1, 0.15) is 12.0 Å². The predicted molar refractivity (Wildman–Crippen MR) is 82.8 cm³/mol. The van der Waals surface area contributed by atoms with Gasteiger partial charge in [-0.1, -0.05) is 29.8 Å². The van der Waals surface area contributed by atoms with Crippen LogP contribution in [0.2, 0.25) is 5.02 Å². The highest BCUT2D eigenvalue weighted by Gasteiger charge is 2.25. The molecule has 21 heavy (non-hydrogen) atoms. The van der Waals surface area contributed by atoms with E-state index in [1.54, 1.807) is 4.90 Å². The van der Waals surface area contributed by atoms with E-state index in [9.17, 15) is 13.2 Å². The Bertz CT molecular complexity index is 610. The van der Waals surface area contributed by atoms with E-state index in [-0.39, 0.29) is 5.91 Å². The maximum absolute atomic E-state index is 12.2. The number of halogens is 1. The number of sulfonamides is 1. The number of carbonyl (C=O) groups excluding carboxylic acids is 1. The second-order valence-corrected chi connectivity index (χ2v) is 7.52. The van der Waals surface area contributed by atoms with E-state index in [4.69, 9.17) is 11.6 Å². The van der Waals surface area contributed by atoms with Gasteiger partial charge >= 0.3 is 0 Å². The molecule has 0 bridgehead atoms. The van der Waals surface area contributed by atoms with Crippen molar-refractivity contribution in [3.05, 3.63) is 34.9 Å². The molecule has 1 heterocycles. The molecule has 0 radical (unpaired) electrons. The minimum absolute atomic E-state index is 0.0445. The van der Waals surface area contributed by atoms with Crippen LogP contribution in [0.3, 0.4) is 0 Å². The molecule has 0 aromatic heterocycles. The summed E-state index contributed by atoms with van der Waals surface area (Å²) >= 11 is 6.06. The lowest BCUT2D eigenvalue weighted by atomic mass is 10.1. The molecular weight excluding hydrogens is 312 g/mol. The van der Waals surface area contributed by atoms with Crippen molar-refractivity contribution in [3.63, 3.8) is 0 Å². The monoisotopic (exact) mass is 330 g/mol. The third-order valence-electron chi connectivity index (χ3n) is 3.63. The van der Waals surface area contributed by atoms with Crippen molar-refractivity contribution in [2.45, 2.75) is 12.8 Å². The Balaban J connectivity index is 1.84. The van der Waals surface area contributed by atoms with E-state index in [1.165, 1.54) is 10.6 Å². The summed E-state index contributed by atoms with van der Waals surface area (Å²) in [6.45, 7) is 1.65. The molecule has 1 aromatic carbocycles. The van der Waals surface area contributed by atoms with Crippen LogP contribution in [-0.2, 0) is 21.2 Å². The molecule has 1 saturated heterocycles. The lowest BCUT2D eigenvalue weighted by Gasteiger charge is -2.33. The number of rotatable bonds is 4. The van der Waals surface area contributed by atoms with Gasteiger partial charge in [-0.2, -0.15) is 4.31 Å². The first kappa shape index (κ1) is 16.3. The van der Waals surface area contributed by atoms with E-state index in [1.807, 2.05) is 24.3 Å². The lowest BCUT2D eigenvalue weighted by molar-refractivity contribution is -0.132. The standard InChI is InChI=1S/C14H19ClN2O3S/c1-21(19,20)17-10-8-16(9-11-17)14(18)7-6-12-4-2-3-5-13(12)15/h2-5H,6-11H2,1H3. The zero-order valence-electron chi connectivity index (χ0n) is 12.0. The van der Waals surface area contributed by atoms with Crippen LogP contribution in [0, 0.1) is 0 Å². The smallest absolute Gasteiger partial charge is 0.222 e. The summed E-state index contributed by atoms with van der Waals surface area (Å²) < 4.78 is 24.2. The molecule has 0 saturated carbocycles. The fourth-order valence-electron chi connectivity index (χ4n) is 2.37. The van der Waals surface area contributed by atoms with Crippen molar-refractivity contribution in [2.75, 3.05) is 32.4 Å². The Kier molecular flexibility index (Phi) is 5.24. The third-order valence-corrected chi connectivity index (χ3v) is 5.30. The van der Waals surface area contributed by atoms with Crippen LogP contribution in [0.5, 0.6) is 0 Å². The van der Waals surface area contributed by atoms with E-state index < -0.39 is 10.0 Å². The normalized spacial score (nSPS) is 17.0. The lowest BCUT2D eigenvalue weighted by Crippen LogP contribution is -2.50. The van der Waals surface area contributed by atoms with Gasteiger partial charge in [0.2, 0.25) is 15.9 Å². The molecule has 2 rings (SSSR count). The minimum Gasteiger partial charge on any atom is -0.340 e. The molecule has 116 valence electrons. The Labute approximate surface area is 130 Å². The summed E-state index contributed by atoms with van der Waals surface area (Å²) in [5.41, 5.74) is 0.960. The molecule has 0 atom stereocenters. The van der Waals surface area contributed by atoms with Crippen molar-refractivity contribution in [3.8, 4) is 0 Å². The molecule has 1 aliphatic rings. The molecule has 0 unspecified atom stereocenters. The molecule has 1 fully saturated rings. The first-order chi connectivity index (χ1) is 9.88. The molecule has 0 N–H and O–H groups in total. The van der Waals surface area contributed by atoms with E-state index in [0.717, 1.165) is 5.56 Å². The number of hydrogen-bond acceptors (Lipinski definition) is 3. The summed E-state index contributed by atoms with van der Waals surface area (Å²) in [6, 6.07) is 7.48. The number of hydrogen-bond donors (Lipinski definition) is 0. The highest BCUT2D eigenvalue weighted by atomic mass is 35.5. The maximum Gasteiger partial charge on any atom is 0.222 e. The average molecular weight is 331 g/mol. The van der Waals surface area contributed by atoms with Crippen molar-refractivity contribution in [1.29, 1.82) is 0 Å². The third kappa shape index (κ3) is 4.43. The topological polar surface area (TPSA) is 57.7 Å². The van der Waals surface area contributed by atoms with Crippen molar-refractivity contribution >= 4 is 27.5 Å². The number of amides is 1. The summed E-state index contributed by atoms with van der Waals surface area (Å²) in [5, 5.41) is 0.673. The molecule has 0 aliphatic carbocycles. The predicted octanol–water partition coefficient (Wildman–Crippen LogP) is 1.38. The first-order valence-corrected chi connectivity index (χ1v) is 9.07. The first-order valence-electron chi connectivity index (χ1n) is 6.84. The zero-order chi connectivity index (χ0) is 15.5. The Morgan fingerprint density at radius 2 is 1.81 bits per heavy atom. The van der Waals surface area contributed by atoms with E-state index >= 15 is 0 Å². The molecular formula is C14H19ClN2O3S. The minimum atomic E-state index is -3.16. The Hall–Kier alpha value is -1.11. The molecule has 5 nitrogen and oxygen atoms in total. The van der Waals surface area contributed by atoms with Crippen LogP contribution in [-0.4, -0.2) is 56.0 Å².